The van der Waals surface area contributed by atoms with Crippen molar-refractivity contribution in [1.29, 1.82) is 0 Å². The summed E-state index contributed by atoms with van der Waals surface area (Å²) in [5, 5.41) is 8.44. The fraction of sp³-hybridized carbons (Fsp3) is 0.167. The summed E-state index contributed by atoms with van der Waals surface area (Å²) in [7, 11) is -3.05. The van der Waals surface area contributed by atoms with Crippen LogP contribution in [0, 0.1) is 5.82 Å². The van der Waals surface area contributed by atoms with Crippen molar-refractivity contribution in [2.24, 2.45) is 0 Å². The third-order valence-corrected chi connectivity index (χ3v) is 3.36. The lowest BCUT2D eigenvalue weighted by Crippen LogP contribution is -2.24. The molecule has 0 aromatic heterocycles. The molecule has 0 spiro atoms. The first kappa shape index (κ1) is 16.6. The van der Waals surface area contributed by atoms with Crippen molar-refractivity contribution in [1.82, 2.24) is 0 Å². The summed E-state index contributed by atoms with van der Waals surface area (Å²) in [4.78, 5) is 21.2. The van der Waals surface area contributed by atoms with Crippen LogP contribution in [-0.2, 0) is 24.3 Å². The van der Waals surface area contributed by atoms with Gasteiger partial charge in [0.05, 0.1) is 12.8 Å². The molecule has 0 fully saturated rings. The van der Waals surface area contributed by atoms with Crippen LogP contribution in [0.4, 0.5) is 10.1 Å². The van der Waals surface area contributed by atoms with E-state index in [1.807, 2.05) is 4.72 Å². The van der Waals surface area contributed by atoms with E-state index in [1.165, 1.54) is 6.07 Å². The number of hydrogen-bond donors (Lipinski definition) is 2. The van der Waals surface area contributed by atoms with E-state index in [4.69, 9.17) is 5.11 Å². The van der Waals surface area contributed by atoms with Gasteiger partial charge in [0.2, 0.25) is 10.0 Å². The summed E-state index contributed by atoms with van der Waals surface area (Å²) in [5.74, 6) is -4.03. The molecule has 1 rings (SSSR count). The number of nitrogens with one attached hydrogen (secondary N) is 1. The second-order valence-corrected chi connectivity index (χ2v) is 5.57. The summed E-state index contributed by atoms with van der Waals surface area (Å²) < 4.78 is 42.9. The largest absolute Gasteiger partial charge is 0.478 e. The molecule has 7 nitrogen and oxygen atoms in total. The van der Waals surface area contributed by atoms with Gasteiger partial charge in [0.15, 0.2) is 5.75 Å². The molecule has 0 bridgehead atoms. The molecule has 2 N–H and O–H groups in total. The van der Waals surface area contributed by atoms with Crippen molar-refractivity contribution in [2.45, 2.75) is 0 Å². The third-order valence-electron chi connectivity index (χ3n) is 2.21. The molecule has 0 saturated carbocycles. The standard InChI is InChI=1S/C12H12FNO6S/c1-20-12(17)7-21(18,19)14-10-4-2-8(6-9(10)13)3-5-11(15)16/h2-6,14H,7H2,1H3,(H,15,16). The number of carboxylic acids is 1. The maximum atomic E-state index is 13.7. The third kappa shape index (κ3) is 5.61. The lowest BCUT2D eigenvalue weighted by atomic mass is 10.2. The number of carboxylic acid groups (broad SMARTS) is 1. The first-order chi connectivity index (χ1) is 9.73. The second-order valence-electron chi connectivity index (χ2n) is 3.85. The van der Waals surface area contributed by atoms with Gasteiger partial charge in [-0.25, -0.2) is 17.6 Å². The number of methoxy groups -OCH3 is 1. The highest BCUT2D eigenvalue weighted by Gasteiger charge is 2.18. The van der Waals surface area contributed by atoms with Crippen molar-refractivity contribution in [3.63, 3.8) is 0 Å². The van der Waals surface area contributed by atoms with Crippen LogP contribution < -0.4 is 4.72 Å². The Morgan fingerprint density at radius 3 is 2.62 bits per heavy atom. The van der Waals surface area contributed by atoms with Gasteiger partial charge in [-0.2, -0.15) is 0 Å². The molecule has 1 aromatic carbocycles. The molecule has 0 heterocycles. The minimum atomic E-state index is -4.08. The number of anilines is 1. The van der Waals surface area contributed by atoms with E-state index >= 15 is 0 Å². The second kappa shape index (κ2) is 6.84. The Hall–Kier alpha value is -2.42. The average molecular weight is 317 g/mol. The van der Waals surface area contributed by atoms with Gasteiger partial charge in [0.25, 0.3) is 0 Å². The molecular weight excluding hydrogens is 305 g/mol. The number of sulfonamides is 1. The van der Waals surface area contributed by atoms with E-state index in [0.29, 0.717) is 0 Å². The van der Waals surface area contributed by atoms with Crippen LogP contribution in [0.1, 0.15) is 5.56 Å². The van der Waals surface area contributed by atoms with Gasteiger partial charge in [-0.05, 0) is 23.8 Å². The number of carbonyl (C=O) groups excluding carboxylic acids is 1. The fourth-order valence-electron chi connectivity index (χ4n) is 1.30. The summed E-state index contributed by atoms with van der Waals surface area (Å²) in [5.41, 5.74) is -0.114. The van der Waals surface area contributed by atoms with Crippen LogP contribution in [0.5, 0.6) is 0 Å². The summed E-state index contributed by atoms with van der Waals surface area (Å²) in [6, 6.07) is 3.39. The highest BCUT2D eigenvalue weighted by atomic mass is 32.2. The molecule has 0 saturated heterocycles. The number of halogens is 1. The number of carbonyl (C=O) groups is 2. The highest BCUT2D eigenvalue weighted by molar-refractivity contribution is 7.93. The van der Waals surface area contributed by atoms with E-state index in [9.17, 15) is 22.4 Å². The van der Waals surface area contributed by atoms with Crippen LogP contribution >= 0.6 is 0 Å². The first-order valence-electron chi connectivity index (χ1n) is 5.51. The highest BCUT2D eigenvalue weighted by Crippen LogP contribution is 2.18. The smallest absolute Gasteiger partial charge is 0.328 e. The average Bonchev–Trinajstić information content (AvgIpc) is 2.38. The van der Waals surface area contributed by atoms with Crippen molar-refractivity contribution in [3.8, 4) is 0 Å². The van der Waals surface area contributed by atoms with E-state index in [1.54, 1.807) is 0 Å². The molecule has 0 aliphatic rings. The van der Waals surface area contributed by atoms with Gasteiger partial charge in [-0.15, -0.1) is 0 Å². The molecular formula is C12H12FNO6S. The van der Waals surface area contributed by atoms with Crippen molar-refractivity contribution in [2.75, 3.05) is 17.6 Å². The maximum absolute atomic E-state index is 13.7. The van der Waals surface area contributed by atoms with Crippen LogP contribution in [-0.4, -0.2) is 38.3 Å². The van der Waals surface area contributed by atoms with Gasteiger partial charge in [0, 0.05) is 6.08 Å². The minimum absolute atomic E-state index is 0.241. The zero-order valence-corrected chi connectivity index (χ0v) is 11.7. The molecule has 0 amide bonds. The fourth-order valence-corrected chi connectivity index (χ4v) is 2.30. The van der Waals surface area contributed by atoms with E-state index in [2.05, 4.69) is 4.74 Å². The van der Waals surface area contributed by atoms with Gasteiger partial charge in [-0.1, -0.05) is 6.07 Å². The number of aliphatic carboxylic acids is 1. The molecule has 9 heteroatoms. The molecule has 114 valence electrons. The Labute approximate surface area is 120 Å². The van der Waals surface area contributed by atoms with E-state index < -0.39 is 33.5 Å². The maximum Gasteiger partial charge on any atom is 0.328 e. The van der Waals surface area contributed by atoms with Crippen LogP contribution in [0.2, 0.25) is 0 Å². The zero-order valence-electron chi connectivity index (χ0n) is 10.9. The normalized spacial score (nSPS) is 11.3. The Balaban J connectivity index is 2.91. The monoisotopic (exact) mass is 317 g/mol. The predicted octanol–water partition coefficient (Wildman–Crippen LogP) is 0.838. The van der Waals surface area contributed by atoms with Gasteiger partial charge >= 0.3 is 11.9 Å². The Morgan fingerprint density at radius 2 is 2.10 bits per heavy atom. The molecule has 1 aromatic rings. The number of rotatable bonds is 6. The van der Waals surface area contributed by atoms with Crippen molar-refractivity contribution >= 4 is 33.7 Å². The molecule has 0 radical (unpaired) electrons. The van der Waals surface area contributed by atoms with E-state index in [-0.39, 0.29) is 11.3 Å². The minimum Gasteiger partial charge on any atom is -0.478 e. The number of esters is 1. The summed E-state index contributed by atoms with van der Waals surface area (Å²) >= 11 is 0. The molecule has 0 aliphatic heterocycles. The topological polar surface area (TPSA) is 110 Å². The van der Waals surface area contributed by atoms with Gasteiger partial charge in [-0.3, -0.25) is 9.52 Å². The molecule has 0 unspecified atom stereocenters. The Bertz CT molecular complexity index is 683. The number of benzene rings is 1. The molecule has 0 atom stereocenters. The quantitative estimate of drug-likeness (QED) is 0.594. The number of ether oxygens (including phenoxy) is 1. The molecule has 21 heavy (non-hydrogen) atoms. The molecule has 0 aliphatic carbocycles. The van der Waals surface area contributed by atoms with Crippen molar-refractivity contribution in [3.05, 3.63) is 35.7 Å². The van der Waals surface area contributed by atoms with Gasteiger partial charge in [0.1, 0.15) is 5.82 Å². The summed E-state index contributed by atoms with van der Waals surface area (Å²) in [6.07, 6.45) is 1.97. The first-order valence-corrected chi connectivity index (χ1v) is 7.16. The summed E-state index contributed by atoms with van der Waals surface area (Å²) in [6.45, 7) is 0. The van der Waals surface area contributed by atoms with Crippen LogP contribution in [0.25, 0.3) is 6.08 Å². The van der Waals surface area contributed by atoms with Crippen molar-refractivity contribution < 1.29 is 32.2 Å². The zero-order chi connectivity index (χ0) is 16.0. The lowest BCUT2D eigenvalue weighted by Gasteiger charge is -2.08. The Morgan fingerprint density at radius 1 is 1.43 bits per heavy atom. The van der Waals surface area contributed by atoms with Crippen LogP contribution in [0.15, 0.2) is 24.3 Å². The predicted molar refractivity (Wildman–Crippen MR) is 72.5 cm³/mol. The van der Waals surface area contributed by atoms with Crippen LogP contribution in [0.3, 0.4) is 0 Å². The Kier molecular flexibility index (Phi) is 5.42. The van der Waals surface area contributed by atoms with E-state index in [0.717, 1.165) is 31.4 Å². The lowest BCUT2D eigenvalue weighted by molar-refractivity contribution is -0.137. The SMILES string of the molecule is COC(=O)CS(=O)(=O)Nc1ccc(C=CC(=O)O)cc1F. The van der Waals surface area contributed by atoms with Gasteiger partial charge < -0.3 is 9.84 Å². The number of hydrogen-bond acceptors (Lipinski definition) is 5.